The van der Waals surface area contributed by atoms with Gasteiger partial charge in [-0.05, 0) is 19.4 Å². The van der Waals surface area contributed by atoms with Gasteiger partial charge in [0.15, 0.2) is 0 Å². The number of primary amides is 1. The highest BCUT2D eigenvalue weighted by atomic mass is 16.1. The highest BCUT2D eigenvalue weighted by Gasteiger charge is 2.30. The molecule has 2 saturated heterocycles. The maximum atomic E-state index is 10.7. The number of carbonyl (C=O) groups excluding carboxylic acids is 1. The number of nitrogens with zero attached hydrogens (tertiary/aromatic N) is 2. The van der Waals surface area contributed by atoms with Crippen molar-refractivity contribution in [3.8, 4) is 0 Å². The number of nitrogens with two attached hydrogens (primary N) is 1. The van der Waals surface area contributed by atoms with Gasteiger partial charge in [-0.25, -0.2) is 0 Å². The lowest BCUT2D eigenvalue weighted by molar-refractivity contribution is -0.119. The molecule has 2 rings (SSSR count). The van der Waals surface area contributed by atoms with Crippen LogP contribution in [-0.2, 0) is 4.79 Å². The quantitative estimate of drug-likeness (QED) is 0.613. The Bertz CT molecular complexity index is 207. The summed E-state index contributed by atoms with van der Waals surface area (Å²) in [5.74, 6) is -0.202. The molecule has 1 atom stereocenters. The zero-order valence-corrected chi connectivity index (χ0v) is 7.91. The molecule has 0 saturated carbocycles. The Balaban J connectivity index is 1.86. The topological polar surface area (TPSA) is 49.6 Å². The van der Waals surface area contributed by atoms with Crippen LogP contribution in [0.2, 0.25) is 0 Å². The van der Waals surface area contributed by atoms with Crippen molar-refractivity contribution in [2.45, 2.75) is 18.9 Å². The third-order valence-corrected chi connectivity index (χ3v) is 3.05. The maximum absolute atomic E-state index is 10.7. The van der Waals surface area contributed by atoms with Crippen molar-refractivity contribution >= 4 is 5.91 Å². The van der Waals surface area contributed by atoms with Gasteiger partial charge >= 0.3 is 0 Å². The number of piperazine rings is 1. The Labute approximate surface area is 78.7 Å². The Morgan fingerprint density at radius 3 is 3.00 bits per heavy atom. The van der Waals surface area contributed by atoms with E-state index in [0.717, 1.165) is 19.6 Å². The monoisotopic (exact) mass is 183 g/mol. The van der Waals surface area contributed by atoms with Gasteiger partial charge in [-0.3, -0.25) is 14.6 Å². The normalized spacial score (nSPS) is 30.3. The molecule has 0 radical (unpaired) electrons. The summed E-state index contributed by atoms with van der Waals surface area (Å²) in [7, 11) is 0. The van der Waals surface area contributed by atoms with Gasteiger partial charge in [0.05, 0.1) is 6.54 Å². The molecular formula is C9H17N3O. The molecule has 0 aromatic rings. The van der Waals surface area contributed by atoms with E-state index in [9.17, 15) is 4.79 Å². The van der Waals surface area contributed by atoms with Crippen LogP contribution in [0.3, 0.4) is 0 Å². The summed E-state index contributed by atoms with van der Waals surface area (Å²) in [4.78, 5) is 15.4. The zero-order chi connectivity index (χ0) is 9.26. The van der Waals surface area contributed by atoms with Gasteiger partial charge in [0.1, 0.15) is 0 Å². The first-order chi connectivity index (χ1) is 6.25. The number of hydrogen-bond acceptors (Lipinski definition) is 3. The summed E-state index contributed by atoms with van der Waals surface area (Å²) in [6, 6.07) is 0.688. The molecule has 0 aliphatic carbocycles. The zero-order valence-electron chi connectivity index (χ0n) is 7.91. The Kier molecular flexibility index (Phi) is 2.51. The molecule has 2 aliphatic rings. The molecule has 74 valence electrons. The van der Waals surface area contributed by atoms with Crippen molar-refractivity contribution < 1.29 is 4.79 Å². The first-order valence-electron chi connectivity index (χ1n) is 5.00. The fourth-order valence-corrected chi connectivity index (χ4v) is 2.42. The standard InChI is InChI=1S/C9H17N3O/c10-9(13)7-11-4-5-12-3-1-2-8(12)6-11/h8H,1-7H2,(H2,10,13). The van der Waals surface area contributed by atoms with Gasteiger partial charge in [0, 0.05) is 25.7 Å². The summed E-state index contributed by atoms with van der Waals surface area (Å²) >= 11 is 0. The minimum atomic E-state index is -0.202. The minimum absolute atomic E-state index is 0.202. The summed E-state index contributed by atoms with van der Waals surface area (Å²) in [5, 5.41) is 0. The van der Waals surface area contributed by atoms with Crippen LogP contribution in [-0.4, -0.2) is 54.5 Å². The molecule has 4 heteroatoms. The van der Waals surface area contributed by atoms with E-state index in [1.807, 2.05) is 0 Å². The van der Waals surface area contributed by atoms with Gasteiger partial charge in [-0.2, -0.15) is 0 Å². The third kappa shape index (κ3) is 2.00. The molecular weight excluding hydrogens is 166 g/mol. The van der Waals surface area contributed by atoms with Gasteiger partial charge in [0.25, 0.3) is 0 Å². The van der Waals surface area contributed by atoms with Crippen molar-refractivity contribution in [2.24, 2.45) is 5.73 Å². The van der Waals surface area contributed by atoms with Crippen LogP contribution in [0.5, 0.6) is 0 Å². The van der Waals surface area contributed by atoms with Crippen molar-refractivity contribution in [1.29, 1.82) is 0 Å². The van der Waals surface area contributed by atoms with Crippen molar-refractivity contribution in [3.63, 3.8) is 0 Å². The Morgan fingerprint density at radius 1 is 1.38 bits per heavy atom. The second kappa shape index (κ2) is 3.64. The maximum Gasteiger partial charge on any atom is 0.231 e. The van der Waals surface area contributed by atoms with Crippen LogP contribution in [0.4, 0.5) is 0 Å². The first-order valence-corrected chi connectivity index (χ1v) is 5.00. The van der Waals surface area contributed by atoms with Crippen LogP contribution in [0.1, 0.15) is 12.8 Å². The molecule has 0 bridgehead atoms. The van der Waals surface area contributed by atoms with Crippen molar-refractivity contribution in [3.05, 3.63) is 0 Å². The largest absolute Gasteiger partial charge is 0.369 e. The lowest BCUT2D eigenvalue weighted by Gasteiger charge is -2.36. The van der Waals surface area contributed by atoms with Crippen LogP contribution in [0.15, 0.2) is 0 Å². The lowest BCUT2D eigenvalue weighted by atomic mass is 10.1. The van der Waals surface area contributed by atoms with Gasteiger partial charge in [0.2, 0.25) is 5.91 Å². The molecule has 4 nitrogen and oxygen atoms in total. The van der Waals surface area contributed by atoms with Crippen molar-refractivity contribution in [1.82, 2.24) is 9.80 Å². The SMILES string of the molecule is NC(=O)CN1CCN2CCCC2C1. The fourth-order valence-electron chi connectivity index (χ4n) is 2.42. The van der Waals surface area contributed by atoms with Crippen LogP contribution in [0, 0.1) is 0 Å². The third-order valence-electron chi connectivity index (χ3n) is 3.05. The smallest absolute Gasteiger partial charge is 0.231 e. The molecule has 2 heterocycles. The summed E-state index contributed by atoms with van der Waals surface area (Å²) in [6.45, 7) is 4.82. The van der Waals surface area contributed by atoms with E-state index in [0.29, 0.717) is 12.6 Å². The van der Waals surface area contributed by atoms with Gasteiger partial charge in [-0.1, -0.05) is 0 Å². The summed E-state index contributed by atoms with van der Waals surface area (Å²) in [6.07, 6.45) is 2.60. The predicted octanol–water partition coefficient (Wildman–Crippen LogP) is -0.748. The average Bonchev–Trinajstić information content (AvgIpc) is 2.49. The molecule has 1 amide bonds. The molecule has 0 aromatic heterocycles. The molecule has 2 fully saturated rings. The van der Waals surface area contributed by atoms with Gasteiger partial charge < -0.3 is 5.73 Å². The number of fused-ring (bicyclic) bond motifs is 1. The highest BCUT2D eigenvalue weighted by Crippen LogP contribution is 2.20. The molecule has 13 heavy (non-hydrogen) atoms. The number of hydrogen-bond donors (Lipinski definition) is 1. The molecule has 2 aliphatic heterocycles. The molecule has 0 spiro atoms. The van der Waals surface area contributed by atoms with E-state index < -0.39 is 0 Å². The fraction of sp³-hybridized carbons (Fsp3) is 0.889. The predicted molar refractivity (Wildman–Crippen MR) is 50.2 cm³/mol. The van der Waals surface area contributed by atoms with Crippen molar-refractivity contribution in [2.75, 3.05) is 32.7 Å². The highest BCUT2D eigenvalue weighted by molar-refractivity contribution is 5.75. The molecule has 0 aromatic carbocycles. The number of rotatable bonds is 2. The number of amides is 1. The van der Waals surface area contributed by atoms with E-state index in [-0.39, 0.29) is 5.91 Å². The van der Waals surface area contributed by atoms with Crippen LogP contribution >= 0.6 is 0 Å². The first kappa shape index (κ1) is 8.97. The van der Waals surface area contributed by atoms with E-state index in [1.54, 1.807) is 0 Å². The van der Waals surface area contributed by atoms with Crippen LogP contribution < -0.4 is 5.73 Å². The molecule has 2 N–H and O–H groups in total. The van der Waals surface area contributed by atoms with E-state index in [1.165, 1.54) is 19.4 Å². The van der Waals surface area contributed by atoms with Gasteiger partial charge in [-0.15, -0.1) is 0 Å². The van der Waals surface area contributed by atoms with E-state index >= 15 is 0 Å². The second-order valence-corrected chi connectivity index (χ2v) is 4.03. The van der Waals surface area contributed by atoms with Crippen LogP contribution in [0.25, 0.3) is 0 Å². The summed E-state index contributed by atoms with van der Waals surface area (Å²) in [5.41, 5.74) is 5.17. The Morgan fingerprint density at radius 2 is 2.23 bits per heavy atom. The van der Waals surface area contributed by atoms with E-state index in [4.69, 9.17) is 5.73 Å². The molecule has 1 unspecified atom stereocenters. The lowest BCUT2D eigenvalue weighted by Crippen LogP contribution is -2.51. The summed E-state index contributed by atoms with van der Waals surface area (Å²) < 4.78 is 0. The Hall–Kier alpha value is -0.610. The minimum Gasteiger partial charge on any atom is -0.369 e. The van der Waals surface area contributed by atoms with E-state index in [2.05, 4.69) is 9.80 Å². The number of carbonyl (C=O) groups is 1. The average molecular weight is 183 g/mol. The second-order valence-electron chi connectivity index (χ2n) is 4.03.